The second-order valence-corrected chi connectivity index (χ2v) is 8.50. The van der Waals surface area contributed by atoms with Gasteiger partial charge >= 0.3 is 6.03 Å². The minimum absolute atomic E-state index is 0.0129. The number of amides is 3. The number of para-hydroxylation sites is 1. The van der Waals surface area contributed by atoms with Crippen LogP contribution >= 0.6 is 11.3 Å². The quantitative estimate of drug-likeness (QED) is 0.688. The summed E-state index contributed by atoms with van der Waals surface area (Å²) in [6.45, 7) is 7.52. The van der Waals surface area contributed by atoms with Gasteiger partial charge < -0.3 is 19.9 Å². The van der Waals surface area contributed by atoms with E-state index in [2.05, 4.69) is 16.8 Å². The molecule has 2 atom stereocenters. The van der Waals surface area contributed by atoms with Crippen molar-refractivity contribution >= 4 is 23.3 Å². The second kappa shape index (κ2) is 10.5. The van der Waals surface area contributed by atoms with E-state index in [4.69, 9.17) is 4.74 Å². The number of rotatable bonds is 8. The molecule has 0 saturated carbocycles. The number of carbonyl (C=O) groups excluding carboxylic acids is 2. The first kappa shape index (κ1) is 22.2. The van der Waals surface area contributed by atoms with Crippen molar-refractivity contribution in [3.63, 3.8) is 0 Å². The zero-order valence-electron chi connectivity index (χ0n) is 18.0. The molecule has 0 saturated heterocycles. The van der Waals surface area contributed by atoms with Crippen LogP contribution < -0.4 is 10.1 Å². The molecule has 6 nitrogen and oxygen atoms in total. The number of nitrogens with one attached hydrogen (secondary N) is 1. The Bertz CT molecular complexity index is 839. The second-order valence-electron chi connectivity index (χ2n) is 7.50. The first-order valence-electron chi connectivity index (χ1n) is 10.6. The summed E-state index contributed by atoms with van der Waals surface area (Å²) >= 11 is 1.73. The normalized spacial score (nSPS) is 16.5. The highest BCUT2D eigenvalue weighted by Gasteiger charge is 2.34. The molecule has 0 spiro atoms. The summed E-state index contributed by atoms with van der Waals surface area (Å²) in [5.74, 6) is 0.746. The van der Waals surface area contributed by atoms with Gasteiger partial charge in [0.15, 0.2) is 0 Å². The van der Waals surface area contributed by atoms with Crippen molar-refractivity contribution in [2.75, 3.05) is 26.2 Å². The summed E-state index contributed by atoms with van der Waals surface area (Å²) < 4.78 is 6.03. The average Bonchev–Trinajstić information content (AvgIpc) is 3.25. The lowest BCUT2D eigenvalue weighted by Crippen LogP contribution is -2.52. The van der Waals surface area contributed by atoms with Gasteiger partial charge in [0.1, 0.15) is 18.9 Å². The maximum Gasteiger partial charge on any atom is 0.318 e. The standard InChI is InChI=1S/C23H31N3O3S/c1-4-17(3)26(23(28)24-5-2)15-22(27)25-13-11-21-19(12-14-30-21)20(25)16-29-18-9-7-6-8-10-18/h6-10,12,14,17,20H,4-5,11,13,15-16H2,1-3H3,(H,24,28)/t17-,20-/m0/s1. The molecule has 7 heteroatoms. The van der Waals surface area contributed by atoms with Crippen LogP contribution in [0, 0.1) is 0 Å². The third kappa shape index (κ3) is 5.14. The van der Waals surface area contributed by atoms with Gasteiger partial charge in [0.05, 0.1) is 6.04 Å². The van der Waals surface area contributed by atoms with Crippen molar-refractivity contribution < 1.29 is 14.3 Å². The van der Waals surface area contributed by atoms with Gasteiger partial charge in [0, 0.05) is 24.0 Å². The van der Waals surface area contributed by atoms with E-state index in [1.807, 2.05) is 56.0 Å². The Morgan fingerprint density at radius 1 is 1.27 bits per heavy atom. The fraction of sp³-hybridized carbons (Fsp3) is 0.478. The Balaban J connectivity index is 1.77. The molecule has 1 N–H and O–H groups in total. The van der Waals surface area contributed by atoms with E-state index >= 15 is 0 Å². The molecular formula is C23H31N3O3S. The number of urea groups is 1. The van der Waals surface area contributed by atoms with E-state index in [9.17, 15) is 9.59 Å². The van der Waals surface area contributed by atoms with Crippen LogP contribution in [0.2, 0.25) is 0 Å². The van der Waals surface area contributed by atoms with Crippen molar-refractivity contribution in [1.29, 1.82) is 0 Å². The van der Waals surface area contributed by atoms with E-state index in [0.717, 1.165) is 24.2 Å². The molecular weight excluding hydrogens is 398 g/mol. The first-order valence-corrected chi connectivity index (χ1v) is 11.5. The van der Waals surface area contributed by atoms with Gasteiger partial charge in [-0.15, -0.1) is 11.3 Å². The molecule has 1 aliphatic heterocycles. The lowest BCUT2D eigenvalue weighted by atomic mass is 10.00. The Kier molecular flexibility index (Phi) is 7.74. The van der Waals surface area contributed by atoms with Gasteiger partial charge in [-0.05, 0) is 55.8 Å². The highest BCUT2D eigenvalue weighted by atomic mass is 32.1. The van der Waals surface area contributed by atoms with E-state index in [0.29, 0.717) is 19.7 Å². The van der Waals surface area contributed by atoms with Crippen LogP contribution in [0.3, 0.4) is 0 Å². The third-order valence-corrected chi connectivity index (χ3v) is 6.58. The van der Waals surface area contributed by atoms with Crippen LogP contribution in [0.1, 0.15) is 43.7 Å². The molecule has 30 heavy (non-hydrogen) atoms. The Morgan fingerprint density at radius 2 is 2.03 bits per heavy atom. The molecule has 2 aromatic rings. The SMILES string of the molecule is CCNC(=O)N(CC(=O)N1CCc2sccc2[C@@H]1COc1ccccc1)[C@@H](C)CC. The summed E-state index contributed by atoms with van der Waals surface area (Å²) in [5, 5.41) is 4.91. The average molecular weight is 430 g/mol. The number of thiophene rings is 1. The maximum absolute atomic E-state index is 13.3. The number of fused-ring (bicyclic) bond motifs is 1. The lowest BCUT2D eigenvalue weighted by molar-refractivity contribution is -0.135. The predicted molar refractivity (Wildman–Crippen MR) is 120 cm³/mol. The van der Waals surface area contributed by atoms with Crippen molar-refractivity contribution in [2.45, 2.75) is 45.7 Å². The zero-order chi connectivity index (χ0) is 21.5. The van der Waals surface area contributed by atoms with Crippen LogP contribution in [0.4, 0.5) is 4.79 Å². The molecule has 0 bridgehead atoms. The summed E-state index contributed by atoms with van der Waals surface area (Å²) in [6.07, 6.45) is 1.63. The van der Waals surface area contributed by atoms with Crippen molar-refractivity contribution in [3.05, 3.63) is 52.2 Å². The van der Waals surface area contributed by atoms with Crippen molar-refractivity contribution in [3.8, 4) is 5.75 Å². The highest BCUT2D eigenvalue weighted by Crippen LogP contribution is 2.34. The van der Waals surface area contributed by atoms with Gasteiger partial charge in [0.2, 0.25) is 5.91 Å². The summed E-state index contributed by atoms with van der Waals surface area (Å²) in [7, 11) is 0. The van der Waals surface area contributed by atoms with Crippen LogP contribution in [-0.4, -0.2) is 54.0 Å². The van der Waals surface area contributed by atoms with Crippen LogP contribution in [0.15, 0.2) is 41.8 Å². The third-order valence-electron chi connectivity index (χ3n) is 5.58. The predicted octanol–water partition coefficient (Wildman–Crippen LogP) is 4.08. The number of carbonyl (C=O) groups is 2. The molecule has 3 amide bonds. The summed E-state index contributed by atoms with van der Waals surface area (Å²) in [6, 6.07) is 11.4. The summed E-state index contributed by atoms with van der Waals surface area (Å²) in [5.41, 5.74) is 1.16. The minimum Gasteiger partial charge on any atom is -0.491 e. The zero-order valence-corrected chi connectivity index (χ0v) is 18.8. The monoisotopic (exact) mass is 429 g/mol. The fourth-order valence-corrected chi connectivity index (χ4v) is 4.63. The molecule has 0 radical (unpaired) electrons. The first-order chi connectivity index (χ1) is 14.5. The lowest BCUT2D eigenvalue weighted by Gasteiger charge is -2.38. The topological polar surface area (TPSA) is 61.9 Å². The number of nitrogens with zero attached hydrogens (tertiary/aromatic N) is 2. The van der Waals surface area contributed by atoms with Crippen molar-refractivity contribution in [1.82, 2.24) is 15.1 Å². The van der Waals surface area contributed by atoms with E-state index in [1.54, 1.807) is 16.2 Å². The van der Waals surface area contributed by atoms with Gasteiger partial charge in [0.25, 0.3) is 0 Å². The smallest absolute Gasteiger partial charge is 0.318 e. The van der Waals surface area contributed by atoms with E-state index < -0.39 is 0 Å². The van der Waals surface area contributed by atoms with Gasteiger partial charge in [-0.25, -0.2) is 4.79 Å². The van der Waals surface area contributed by atoms with Gasteiger partial charge in [-0.3, -0.25) is 4.79 Å². The molecule has 0 unspecified atom stereocenters. The largest absolute Gasteiger partial charge is 0.491 e. The molecule has 1 aromatic carbocycles. The van der Waals surface area contributed by atoms with Crippen LogP contribution in [-0.2, 0) is 11.2 Å². The number of benzene rings is 1. The van der Waals surface area contributed by atoms with Crippen molar-refractivity contribution in [2.24, 2.45) is 0 Å². The van der Waals surface area contributed by atoms with Crippen LogP contribution in [0.25, 0.3) is 0 Å². The van der Waals surface area contributed by atoms with Gasteiger partial charge in [-0.2, -0.15) is 0 Å². The number of hydrogen-bond acceptors (Lipinski definition) is 4. The molecule has 1 aliphatic rings. The summed E-state index contributed by atoms with van der Waals surface area (Å²) in [4.78, 5) is 30.7. The Labute approximate surface area is 182 Å². The molecule has 3 rings (SSSR count). The van der Waals surface area contributed by atoms with E-state index in [1.165, 1.54) is 4.88 Å². The highest BCUT2D eigenvalue weighted by molar-refractivity contribution is 7.10. The minimum atomic E-state index is -0.189. The van der Waals surface area contributed by atoms with E-state index in [-0.39, 0.29) is 30.6 Å². The molecule has 1 aromatic heterocycles. The van der Waals surface area contributed by atoms with Gasteiger partial charge in [-0.1, -0.05) is 25.1 Å². The fourth-order valence-electron chi connectivity index (χ4n) is 3.70. The van der Waals surface area contributed by atoms with Crippen LogP contribution in [0.5, 0.6) is 5.75 Å². The molecule has 0 fully saturated rings. The number of ether oxygens (including phenoxy) is 1. The Hall–Kier alpha value is -2.54. The Morgan fingerprint density at radius 3 is 2.73 bits per heavy atom. The molecule has 2 heterocycles. The maximum atomic E-state index is 13.3. The molecule has 162 valence electrons. The number of hydrogen-bond donors (Lipinski definition) is 1. The molecule has 0 aliphatic carbocycles.